The first kappa shape index (κ1) is 19.2. The SMILES string of the molecule is CCc1nc(CNC(=O)c2cccc(-c3cncc(C(=O)N(C)C)n3)c2)no1. The number of nitrogens with one attached hydrogen (secondary N) is 1. The van der Waals surface area contributed by atoms with E-state index in [0.29, 0.717) is 35.0 Å². The molecule has 9 heteroatoms. The van der Waals surface area contributed by atoms with Crippen molar-refractivity contribution in [2.24, 2.45) is 0 Å². The zero-order chi connectivity index (χ0) is 20.1. The molecule has 2 amide bonds. The summed E-state index contributed by atoms with van der Waals surface area (Å²) in [5.41, 5.74) is 1.87. The van der Waals surface area contributed by atoms with Crippen molar-refractivity contribution in [3.05, 3.63) is 59.6 Å². The molecule has 2 aromatic heterocycles. The van der Waals surface area contributed by atoms with Crippen molar-refractivity contribution in [2.75, 3.05) is 14.1 Å². The molecule has 1 N–H and O–H groups in total. The van der Waals surface area contributed by atoms with Gasteiger partial charge in [-0.2, -0.15) is 4.98 Å². The van der Waals surface area contributed by atoms with Crippen LogP contribution in [-0.4, -0.2) is 50.9 Å². The third-order valence-electron chi connectivity index (χ3n) is 3.90. The lowest BCUT2D eigenvalue weighted by atomic mass is 10.1. The van der Waals surface area contributed by atoms with Crippen LogP contribution in [0.3, 0.4) is 0 Å². The number of nitrogens with zero attached hydrogens (tertiary/aromatic N) is 5. The molecule has 2 heterocycles. The van der Waals surface area contributed by atoms with Crippen LogP contribution in [0.4, 0.5) is 0 Å². The first-order valence-corrected chi connectivity index (χ1v) is 8.71. The van der Waals surface area contributed by atoms with Crippen LogP contribution < -0.4 is 5.32 Å². The normalized spacial score (nSPS) is 10.5. The molecular weight excluding hydrogens is 360 g/mol. The number of hydrogen-bond acceptors (Lipinski definition) is 7. The van der Waals surface area contributed by atoms with Crippen molar-refractivity contribution >= 4 is 11.8 Å². The minimum absolute atomic E-state index is 0.166. The van der Waals surface area contributed by atoms with Crippen molar-refractivity contribution < 1.29 is 14.1 Å². The van der Waals surface area contributed by atoms with E-state index in [9.17, 15) is 9.59 Å². The van der Waals surface area contributed by atoms with Gasteiger partial charge in [-0.15, -0.1) is 0 Å². The van der Waals surface area contributed by atoms with Gasteiger partial charge < -0.3 is 14.7 Å². The quantitative estimate of drug-likeness (QED) is 0.692. The van der Waals surface area contributed by atoms with Gasteiger partial charge in [0.2, 0.25) is 5.89 Å². The summed E-state index contributed by atoms with van der Waals surface area (Å²) in [5, 5.41) is 6.56. The summed E-state index contributed by atoms with van der Waals surface area (Å²) in [6, 6.07) is 6.93. The van der Waals surface area contributed by atoms with Gasteiger partial charge in [-0.1, -0.05) is 24.2 Å². The van der Waals surface area contributed by atoms with Gasteiger partial charge in [0.1, 0.15) is 5.69 Å². The van der Waals surface area contributed by atoms with Crippen molar-refractivity contribution in [1.82, 2.24) is 30.3 Å². The number of benzene rings is 1. The van der Waals surface area contributed by atoms with Gasteiger partial charge >= 0.3 is 0 Å². The minimum Gasteiger partial charge on any atom is -0.345 e. The van der Waals surface area contributed by atoms with Gasteiger partial charge in [0.15, 0.2) is 5.82 Å². The molecule has 3 rings (SSSR count). The van der Waals surface area contributed by atoms with E-state index in [1.54, 1.807) is 44.6 Å². The molecule has 0 bridgehead atoms. The molecule has 0 aliphatic rings. The summed E-state index contributed by atoms with van der Waals surface area (Å²) in [7, 11) is 3.30. The molecule has 1 aromatic carbocycles. The number of rotatable bonds is 6. The fourth-order valence-electron chi connectivity index (χ4n) is 2.42. The predicted octanol–water partition coefficient (Wildman–Crippen LogP) is 1.72. The summed E-state index contributed by atoms with van der Waals surface area (Å²) in [4.78, 5) is 38.6. The van der Waals surface area contributed by atoms with E-state index in [2.05, 4.69) is 25.4 Å². The summed E-state index contributed by atoms with van der Waals surface area (Å²) in [6.45, 7) is 2.07. The highest BCUT2D eigenvalue weighted by Crippen LogP contribution is 2.18. The molecule has 0 aliphatic heterocycles. The second-order valence-corrected chi connectivity index (χ2v) is 6.21. The van der Waals surface area contributed by atoms with E-state index >= 15 is 0 Å². The molecule has 0 radical (unpaired) electrons. The average molecular weight is 380 g/mol. The fourth-order valence-corrected chi connectivity index (χ4v) is 2.42. The third-order valence-corrected chi connectivity index (χ3v) is 3.90. The highest BCUT2D eigenvalue weighted by molar-refractivity contribution is 5.95. The van der Waals surface area contributed by atoms with E-state index < -0.39 is 0 Å². The second kappa shape index (κ2) is 8.38. The lowest BCUT2D eigenvalue weighted by molar-refractivity contribution is 0.0821. The maximum Gasteiger partial charge on any atom is 0.273 e. The van der Waals surface area contributed by atoms with Gasteiger partial charge in [0, 0.05) is 31.6 Å². The molecule has 0 unspecified atom stereocenters. The molecule has 0 saturated heterocycles. The Morgan fingerprint density at radius 2 is 2.00 bits per heavy atom. The number of amides is 2. The summed E-state index contributed by atoms with van der Waals surface area (Å²) in [5.74, 6) is 0.423. The van der Waals surface area contributed by atoms with Crippen LogP contribution in [0.2, 0.25) is 0 Å². The Labute approximate surface area is 161 Å². The summed E-state index contributed by atoms with van der Waals surface area (Å²) >= 11 is 0. The first-order valence-electron chi connectivity index (χ1n) is 8.71. The lowest BCUT2D eigenvalue weighted by Gasteiger charge is -2.10. The zero-order valence-electron chi connectivity index (χ0n) is 15.8. The Balaban J connectivity index is 1.75. The number of hydrogen-bond donors (Lipinski definition) is 1. The maximum absolute atomic E-state index is 12.4. The van der Waals surface area contributed by atoms with Gasteiger partial charge in [-0.3, -0.25) is 14.6 Å². The van der Waals surface area contributed by atoms with Crippen LogP contribution in [0.5, 0.6) is 0 Å². The van der Waals surface area contributed by atoms with E-state index in [4.69, 9.17) is 4.52 Å². The minimum atomic E-state index is -0.279. The molecular formula is C19H20N6O3. The summed E-state index contributed by atoms with van der Waals surface area (Å²) < 4.78 is 5.02. The Morgan fingerprint density at radius 1 is 1.18 bits per heavy atom. The molecule has 0 atom stereocenters. The molecule has 28 heavy (non-hydrogen) atoms. The second-order valence-electron chi connectivity index (χ2n) is 6.21. The van der Waals surface area contributed by atoms with E-state index in [1.807, 2.05) is 6.92 Å². The Kier molecular flexibility index (Phi) is 5.73. The molecule has 3 aromatic rings. The monoisotopic (exact) mass is 380 g/mol. The Morgan fingerprint density at radius 3 is 2.71 bits per heavy atom. The number of carbonyl (C=O) groups excluding carboxylic acids is 2. The molecule has 0 aliphatic carbocycles. The maximum atomic E-state index is 12.4. The van der Waals surface area contributed by atoms with Crippen LogP contribution in [0.25, 0.3) is 11.3 Å². The zero-order valence-corrected chi connectivity index (χ0v) is 15.8. The lowest BCUT2D eigenvalue weighted by Crippen LogP contribution is -2.23. The standard InChI is InChI=1S/C19H20N6O3/c1-4-17-23-16(24-28-17)11-21-18(26)13-7-5-6-12(8-13)14-9-20-10-15(22-14)19(27)25(2)3/h5-10H,4,11H2,1-3H3,(H,21,26). The number of aromatic nitrogens is 4. The van der Waals surface area contributed by atoms with Crippen molar-refractivity contribution in [1.29, 1.82) is 0 Å². The van der Waals surface area contributed by atoms with Crippen LogP contribution in [0.15, 0.2) is 41.2 Å². The molecule has 0 spiro atoms. The topological polar surface area (TPSA) is 114 Å². The Bertz CT molecular complexity index is 999. The van der Waals surface area contributed by atoms with Gasteiger partial charge in [0.25, 0.3) is 11.8 Å². The van der Waals surface area contributed by atoms with Gasteiger partial charge in [0.05, 0.1) is 24.6 Å². The van der Waals surface area contributed by atoms with Crippen molar-refractivity contribution in [2.45, 2.75) is 19.9 Å². The number of carbonyl (C=O) groups is 2. The summed E-state index contributed by atoms with van der Waals surface area (Å²) in [6.07, 6.45) is 3.60. The van der Waals surface area contributed by atoms with E-state index in [-0.39, 0.29) is 24.1 Å². The largest absolute Gasteiger partial charge is 0.345 e. The van der Waals surface area contributed by atoms with E-state index in [0.717, 1.165) is 0 Å². The van der Waals surface area contributed by atoms with Gasteiger partial charge in [-0.25, -0.2) is 4.98 Å². The van der Waals surface area contributed by atoms with Crippen LogP contribution in [0.1, 0.15) is 39.5 Å². The predicted molar refractivity (Wildman–Crippen MR) is 100 cm³/mol. The molecule has 9 nitrogen and oxygen atoms in total. The van der Waals surface area contributed by atoms with Crippen LogP contribution >= 0.6 is 0 Å². The fraction of sp³-hybridized carbons (Fsp3) is 0.263. The third kappa shape index (κ3) is 4.37. The van der Waals surface area contributed by atoms with Crippen molar-refractivity contribution in [3.8, 4) is 11.3 Å². The number of aryl methyl sites for hydroxylation is 1. The van der Waals surface area contributed by atoms with Crippen LogP contribution in [-0.2, 0) is 13.0 Å². The van der Waals surface area contributed by atoms with Crippen molar-refractivity contribution in [3.63, 3.8) is 0 Å². The molecule has 0 saturated carbocycles. The highest BCUT2D eigenvalue weighted by Gasteiger charge is 2.13. The van der Waals surface area contributed by atoms with Gasteiger partial charge in [-0.05, 0) is 12.1 Å². The smallest absolute Gasteiger partial charge is 0.273 e. The highest BCUT2D eigenvalue weighted by atomic mass is 16.5. The van der Waals surface area contributed by atoms with Crippen LogP contribution in [0, 0.1) is 0 Å². The average Bonchev–Trinajstić information content (AvgIpc) is 3.19. The molecule has 144 valence electrons. The van der Waals surface area contributed by atoms with E-state index in [1.165, 1.54) is 11.1 Å². The first-order chi connectivity index (χ1) is 13.5. The molecule has 0 fully saturated rings. The Hall–Kier alpha value is -3.62.